The largest absolute Gasteiger partial charge is 0.467 e. The Hall–Kier alpha value is -1.75. The van der Waals surface area contributed by atoms with E-state index in [1.807, 2.05) is 0 Å². The predicted octanol–water partition coefficient (Wildman–Crippen LogP) is 0.911. The summed E-state index contributed by atoms with van der Waals surface area (Å²) in [5, 5.41) is 2.55. The maximum absolute atomic E-state index is 11.6. The normalized spacial score (nSPS) is 11.0. The van der Waals surface area contributed by atoms with Gasteiger partial charge in [-0.25, -0.2) is 4.79 Å². The Morgan fingerprint density at radius 1 is 1.33 bits per heavy atom. The van der Waals surface area contributed by atoms with E-state index in [9.17, 15) is 9.59 Å². The number of anilines is 1. The molecule has 0 saturated heterocycles. The maximum atomic E-state index is 11.6. The first-order chi connectivity index (χ1) is 8.02. The lowest BCUT2D eigenvalue weighted by Crippen LogP contribution is -2.39. The van der Waals surface area contributed by atoms with E-state index in [2.05, 4.69) is 10.1 Å². The van der Waals surface area contributed by atoms with Crippen LogP contribution in [0.4, 0.5) is 5.69 Å². The molecular formula is C12H17ClN2O3. The first-order valence-electron chi connectivity index (χ1n) is 5.24. The Morgan fingerprint density at radius 2 is 1.89 bits per heavy atom. The summed E-state index contributed by atoms with van der Waals surface area (Å²) in [4.78, 5) is 22.7. The Labute approximate surface area is 112 Å². The SMILES string of the molecule is COC(=O)C(C)NC(=O)Cc1ccc(N)cc1.Cl. The van der Waals surface area contributed by atoms with Gasteiger partial charge in [0.2, 0.25) is 5.91 Å². The molecule has 0 fully saturated rings. The van der Waals surface area contributed by atoms with Crippen molar-refractivity contribution in [2.45, 2.75) is 19.4 Å². The van der Waals surface area contributed by atoms with Gasteiger partial charge in [-0.3, -0.25) is 4.79 Å². The molecule has 100 valence electrons. The fraction of sp³-hybridized carbons (Fsp3) is 0.333. The van der Waals surface area contributed by atoms with Crippen molar-refractivity contribution in [1.82, 2.24) is 5.32 Å². The lowest BCUT2D eigenvalue weighted by atomic mass is 10.1. The van der Waals surface area contributed by atoms with E-state index in [-0.39, 0.29) is 24.7 Å². The molecule has 1 amide bonds. The van der Waals surface area contributed by atoms with Gasteiger partial charge in [0.25, 0.3) is 0 Å². The second-order valence-electron chi connectivity index (χ2n) is 3.73. The number of rotatable bonds is 4. The minimum Gasteiger partial charge on any atom is -0.467 e. The average molecular weight is 273 g/mol. The van der Waals surface area contributed by atoms with E-state index in [1.54, 1.807) is 31.2 Å². The molecular weight excluding hydrogens is 256 g/mol. The molecule has 18 heavy (non-hydrogen) atoms. The molecule has 0 radical (unpaired) electrons. The molecule has 1 rings (SSSR count). The number of carbonyl (C=O) groups excluding carboxylic acids is 2. The van der Waals surface area contributed by atoms with E-state index in [4.69, 9.17) is 5.73 Å². The monoisotopic (exact) mass is 272 g/mol. The fourth-order valence-electron chi connectivity index (χ4n) is 1.35. The van der Waals surface area contributed by atoms with Crippen LogP contribution < -0.4 is 11.1 Å². The summed E-state index contributed by atoms with van der Waals surface area (Å²) in [6, 6.07) is 6.37. The van der Waals surface area contributed by atoms with Gasteiger partial charge in [0.1, 0.15) is 6.04 Å². The van der Waals surface area contributed by atoms with Crippen LogP contribution in [-0.2, 0) is 20.7 Å². The zero-order chi connectivity index (χ0) is 12.8. The average Bonchev–Trinajstić information content (AvgIpc) is 2.30. The van der Waals surface area contributed by atoms with Crippen LogP contribution in [0.25, 0.3) is 0 Å². The van der Waals surface area contributed by atoms with E-state index in [0.717, 1.165) is 5.56 Å². The van der Waals surface area contributed by atoms with E-state index in [0.29, 0.717) is 5.69 Å². The number of carbonyl (C=O) groups is 2. The number of nitrogen functional groups attached to an aromatic ring is 1. The highest BCUT2D eigenvalue weighted by Gasteiger charge is 2.15. The van der Waals surface area contributed by atoms with Crippen molar-refractivity contribution in [3.05, 3.63) is 29.8 Å². The molecule has 6 heteroatoms. The van der Waals surface area contributed by atoms with Crippen LogP contribution in [0.2, 0.25) is 0 Å². The number of nitrogens with two attached hydrogens (primary N) is 1. The van der Waals surface area contributed by atoms with Gasteiger partial charge < -0.3 is 15.8 Å². The highest BCUT2D eigenvalue weighted by molar-refractivity contribution is 5.85. The smallest absolute Gasteiger partial charge is 0.328 e. The third-order valence-electron chi connectivity index (χ3n) is 2.28. The second kappa shape index (κ2) is 7.55. The highest BCUT2D eigenvalue weighted by Crippen LogP contribution is 2.06. The van der Waals surface area contributed by atoms with E-state index in [1.165, 1.54) is 7.11 Å². The van der Waals surface area contributed by atoms with Crippen LogP contribution in [-0.4, -0.2) is 25.0 Å². The molecule has 0 heterocycles. The number of halogens is 1. The second-order valence-corrected chi connectivity index (χ2v) is 3.73. The molecule has 0 aliphatic rings. The number of hydrogen-bond acceptors (Lipinski definition) is 4. The lowest BCUT2D eigenvalue weighted by molar-refractivity contribution is -0.144. The Balaban J connectivity index is 0.00000289. The number of nitrogens with one attached hydrogen (secondary N) is 1. The van der Waals surface area contributed by atoms with Crippen LogP contribution >= 0.6 is 12.4 Å². The number of benzene rings is 1. The molecule has 0 saturated carbocycles. The Kier molecular flexibility index (Phi) is 6.82. The molecule has 5 nitrogen and oxygen atoms in total. The molecule has 0 spiro atoms. The van der Waals surface area contributed by atoms with Crippen molar-refractivity contribution < 1.29 is 14.3 Å². The number of esters is 1. The molecule has 1 aromatic rings. The molecule has 1 aromatic carbocycles. The summed E-state index contributed by atoms with van der Waals surface area (Å²) in [7, 11) is 1.28. The van der Waals surface area contributed by atoms with E-state index >= 15 is 0 Å². The molecule has 0 bridgehead atoms. The molecule has 1 unspecified atom stereocenters. The van der Waals surface area contributed by atoms with Crippen molar-refractivity contribution >= 4 is 30.0 Å². The third-order valence-corrected chi connectivity index (χ3v) is 2.28. The third kappa shape index (κ3) is 5.05. The number of ether oxygens (including phenoxy) is 1. The first-order valence-corrected chi connectivity index (χ1v) is 5.24. The van der Waals surface area contributed by atoms with Gasteiger partial charge in [-0.05, 0) is 24.6 Å². The molecule has 0 aromatic heterocycles. The quantitative estimate of drug-likeness (QED) is 0.631. The van der Waals surface area contributed by atoms with Gasteiger partial charge in [-0.1, -0.05) is 12.1 Å². The summed E-state index contributed by atoms with van der Waals surface area (Å²) in [5.74, 6) is -0.691. The van der Waals surface area contributed by atoms with Crippen molar-refractivity contribution in [3.8, 4) is 0 Å². The topological polar surface area (TPSA) is 81.4 Å². The molecule has 3 N–H and O–H groups in total. The van der Waals surface area contributed by atoms with Crippen molar-refractivity contribution in [3.63, 3.8) is 0 Å². The standard InChI is InChI=1S/C12H16N2O3.ClH/c1-8(12(16)17-2)14-11(15)7-9-3-5-10(13)6-4-9;/h3-6,8H,7,13H2,1-2H3,(H,14,15);1H. The number of hydrogen-bond donors (Lipinski definition) is 2. The predicted molar refractivity (Wildman–Crippen MR) is 71.4 cm³/mol. The summed E-state index contributed by atoms with van der Waals surface area (Å²) in [6.45, 7) is 1.58. The fourth-order valence-corrected chi connectivity index (χ4v) is 1.35. The van der Waals surface area contributed by atoms with Gasteiger partial charge >= 0.3 is 5.97 Å². The van der Waals surface area contributed by atoms with Crippen molar-refractivity contribution in [2.75, 3.05) is 12.8 Å². The zero-order valence-electron chi connectivity index (χ0n) is 10.3. The molecule has 0 aliphatic carbocycles. The number of amides is 1. The van der Waals surface area contributed by atoms with Gasteiger partial charge in [0.15, 0.2) is 0 Å². The number of methoxy groups -OCH3 is 1. The van der Waals surface area contributed by atoms with Crippen LogP contribution in [0, 0.1) is 0 Å². The molecule has 1 atom stereocenters. The Morgan fingerprint density at radius 3 is 2.39 bits per heavy atom. The maximum Gasteiger partial charge on any atom is 0.328 e. The zero-order valence-corrected chi connectivity index (χ0v) is 11.1. The van der Waals surface area contributed by atoms with Crippen molar-refractivity contribution in [1.29, 1.82) is 0 Å². The summed E-state index contributed by atoms with van der Waals surface area (Å²) >= 11 is 0. The van der Waals surface area contributed by atoms with Gasteiger partial charge in [-0.15, -0.1) is 12.4 Å². The Bertz CT molecular complexity index is 406. The van der Waals surface area contributed by atoms with Gasteiger partial charge in [0.05, 0.1) is 13.5 Å². The van der Waals surface area contributed by atoms with Crippen LogP contribution in [0.3, 0.4) is 0 Å². The lowest BCUT2D eigenvalue weighted by Gasteiger charge is -2.11. The van der Waals surface area contributed by atoms with Gasteiger partial charge in [-0.2, -0.15) is 0 Å². The summed E-state index contributed by atoms with van der Waals surface area (Å²) in [6.07, 6.45) is 0.210. The summed E-state index contributed by atoms with van der Waals surface area (Å²) < 4.78 is 4.51. The van der Waals surface area contributed by atoms with Crippen LogP contribution in [0.1, 0.15) is 12.5 Å². The highest BCUT2D eigenvalue weighted by atomic mass is 35.5. The molecule has 0 aliphatic heterocycles. The van der Waals surface area contributed by atoms with Crippen LogP contribution in [0.5, 0.6) is 0 Å². The first kappa shape index (κ1) is 16.2. The van der Waals surface area contributed by atoms with Crippen LogP contribution in [0.15, 0.2) is 24.3 Å². The minimum absolute atomic E-state index is 0. The minimum atomic E-state index is -0.638. The van der Waals surface area contributed by atoms with Crippen molar-refractivity contribution in [2.24, 2.45) is 0 Å². The van der Waals surface area contributed by atoms with E-state index < -0.39 is 12.0 Å². The van der Waals surface area contributed by atoms with Gasteiger partial charge in [0, 0.05) is 5.69 Å². The summed E-state index contributed by atoms with van der Waals surface area (Å²) in [5.41, 5.74) is 7.03.